The van der Waals surface area contributed by atoms with Crippen molar-refractivity contribution in [2.45, 2.75) is 59.3 Å². The van der Waals surface area contributed by atoms with Gasteiger partial charge in [0.15, 0.2) is 5.65 Å². The number of hydrogen-bond donors (Lipinski definition) is 0. The number of aryl methyl sites for hydroxylation is 3. The molecule has 138 valence electrons. The maximum absolute atomic E-state index is 12.9. The van der Waals surface area contributed by atoms with Crippen LogP contribution in [0.15, 0.2) is 0 Å². The van der Waals surface area contributed by atoms with Crippen LogP contribution in [0.4, 0.5) is 0 Å². The molecular formula is C19H25N5OS. The molecule has 1 aliphatic rings. The number of carbonyl (C=O) groups is 1. The number of aromatic nitrogens is 4. The zero-order valence-corrected chi connectivity index (χ0v) is 16.5. The highest BCUT2D eigenvalue weighted by molar-refractivity contribution is 7.19. The van der Waals surface area contributed by atoms with E-state index in [1.165, 1.54) is 23.3 Å². The highest BCUT2D eigenvalue weighted by Crippen LogP contribution is 2.37. The Morgan fingerprint density at radius 3 is 2.81 bits per heavy atom. The van der Waals surface area contributed by atoms with E-state index in [4.69, 9.17) is 4.98 Å². The third-order valence-corrected chi connectivity index (χ3v) is 6.38. The monoisotopic (exact) mass is 371 g/mol. The van der Waals surface area contributed by atoms with Gasteiger partial charge < -0.3 is 4.90 Å². The molecule has 3 aromatic rings. The maximum atomic E-state index is 12.9. The second kappa shape index (κ2) is 6.95. The Morgan fingerprint density at radius 1 is 1.23 bits per heavy atom. The van der Waals surface area contributed by atoms with Crippen LogP contribution in [0, 0.1) is 6.92 Å². The summed E-state index contributed by atoms with van der Waals surface area (Å²) in [5, 5.41) is 5.63. The van der Waals surface area contributed by atoms with Gasteiger partial charge in [0.05, 0.1) is 5.39 Å². The van der Waals surface area contributed by atoms with Crippen LogP contribution in [-0.4, -0.2) is 43.5 Å². The van der Waals surface area contributed by atoms with E-state index in [2.05, 4.69) is 17.0 Å². The molecule has 0 unspecified atom stereocenters. The minimum Gasteiger partial charge on any atom is -0.336 e. The molecular weight excluding hydrogens is 346 g/mol. The van der Waals surface area contributed by atoms with Crippen LogP contribution in [0.2, 0.25) is 0 Å². The Labute approximate surface area is 157 Å². The van der Waals surface area contributed by atoms with Gasteiger partial charge in [0.2, 0.25) is 5.82 Å². The molecule has 0 aromatic carbocycles. The summed E-state index contributed by atoms with van der Waals surface area (Å²) >= 11 is 1.78. The van der Waals surface area contributed by atoms with Crippen molar-refractivity contribution < 1.29 is 4.79 Å². The summed E-state index contributed by atoms with van der Waals surface area (Å²) in [6.07, 6.45) is 6.71. The molecule has 26 heavy (non-hydrogen) atoms. The van der Waals surface area contributed by atoms with Crippen molar-refractivity contribution in [3.05, 3.63) is 22.1 Å². The third kappa shape index (κ3) is 2.78. The smallest absolute Gasteiger partial charge is 0.293 e. The van der Waals surface area contributed by atoms with Crippen LogP contribution in [0.3, 0.4) is 0 Å². The van der Waals surface area contributed by atoms with Gasteiger partial charge in [0.1, 0.15) is 10.7 Å². The lowest BCUT2D eigenvalue weighted by atomic mass is 9.97. The van der Waals surface area contributed by atoms with Gasteiger partial charge in [-0.2, -0.15) is 4.52 Å². The van der Waals surface area contributed by atoms with E-state index in [-0.39, 0.29) is 11.7 Å². The quantitative estimate of drug-likeness (QED) is 0.684. The van der Waals surface area contributed by atoms with Gasteiger partial charge >= 0.3 is 0 Å². The minimum absolute atomic E-state index is 0.0821. The fourth-order valence-electron chi connectivity index (χ4n) is 3.74. The van der Waals surface area contributed by atoms with E-state index < -0.39 is 0 Å². The van der Waals surface area contributed by atoms with Crippen molar-refractivity contribution in [1.29, 1.82) is 0 Å². The predicted octanol–water partition coefficient (Wildman–Crippen LogP) is 3.79. The van der Waals surface area contributed by atoms with E-state index in [1.807, 2.05) is 18.7 Å². The Kier molecular flexibility index (Phi) is 4.65. The average Bonchev–Trinajstić information content (AvgIpc) is 3.23. The van der Waals surface area contributed by atoms with Crippen LogP contribution < -0.4 is 0 Å². The van der Waals surface area contributed by atoms with Gasteiger partial charge in [-0.15, -0.1) is 16.4 Å². The third-order valence-electron chi connectivity index (χ3n) is 5.20. The van der Waals surface area contributed by atoms with Crippen LogP contribution in [0.5, 0.6) is 0 Å². The second-order valence-electron chi connectivity index (χ2n) is 6.96. The zero-order valence-electron chi connectivity index (χ0n) is 15.7. The normalized spacial score (nSPS) is 14.1. The summed E-state index contributed by atoms with van der Waals surface area (Å²) in [5.41, 5.74) is 2.17. The Bertz CT molecular complexity index is 974. The fourth-order valence-corrected chi connectivity index (χ4v) is 5.04. The van der Waals surface area contributed by atoms with Crippen molar-refractivity contribution in [2.24, 2.45) is 0 Å². The van der Waals surface area contributed by atoms with Crippen molar-refractivity contribution in [2.75, 3.05) is 13.1 Å². The van der Waals surface area contributed by atoms with Crippen LogP contribution >= 0.6 is 11.3 Å². The largest absolute Gasteiger partial charge is 0.336 e. The summed E-state index contributed by atoms with van der Waals surface area (Å²) < 4.78 is 1.75. The van der Waals surface area contributed by atoms with E-state index in [0.717, 1.165) is 53.9 Å². The molecule has 1 amide bonds. The fraction of sp³-hybridized carbons (Fsp3) is 0.579. The average molecular weight is 372 g/mol. The van der Waals surface area contributed by atoms with Crippen LogP contribution in [-0.2, 0) is 12.8 Å². The molecule has 0 N–H and O–H groups in total. The Balaban J connectivity index is 1.83. The number of thiophene rings is 1. The number of hydrogen-bond acceptors (Lipinski definition) is 5. The van der Waals surface area contributed by atoms with Crippen LogP contribution in [0.1, 0.15) is 66.4 Å². The van der Waals surface area contributed by atoms with Crippen molar-refractivity contribution in [3.63, 3.8) is 0 Å². The van der Waals surface area contributed by atoms with Gasteiger partial charge in [0.25, 0.3) is 5.91 Å². The summed E-state index contributed by atoms with van der Waals surface area (Å²) in [4.78, 5) is 26.6. The highest BCUT2D eigenvalue weighted by atomic mass is 32.1. The summed E-state index contributed by atoms with van der Waals surface area (Å²) in [6.45, 7) is 7.50. The summed E-state index contributed by atoms with van der Waals surface area (Å²) in [7, 11) is 0. The lowest BCUT2D eigenvalue weighted by Gasteiger charge is -2.18. The van der Waals surface area contributed by atoms with Crippen molar-refractivity contribution in [3.8, 4) is 0 Å². The summed E-state index contributed by atoms with van der Waals surface area (Å²) in [6, 6.07) is 0. The topological polar surface area (TPSA) is 63.4 Å². The minimum atomic E-state index is -0.0821. The summed E-state index contributed by atoms with van der Waals surface area (Å²) in [5.74, 6) is 0.992. The first-order valence-electron chi connectivity index (χ1n) is 9.61. The standard InChI is InChI=1S/C19H25N5OS/c1-4-6-11-23(5-2)19(25)16-21-17-15-13-9-7-8-10-14(13)26-18(15)20-12(3)24(17)22-16/h4-11H2,1-3H3. The lowest BCUT2D eigenvalue weighted by Crippen LogP contribution is -2.32. The Morgan fingerprint density at radius 2 is 2.04 bits per heavy atom. The van der Waals surface area contributed by atoms with Crippen molar-refractivity contribution in [1.82, 2.24) is 24.5 Å². The number of carbonyl (C=O) groups excluding carboxylic acids is 1. The first-order valence-corrected chi connectivity index (χ1v) is 10.4. The number of amides is 1. The van der Waals surface area contributed by atoms with Crippen molar-refractivity contribution >= 4 is 33.1 Å². The van der Waals surface area contributed by atoms with Gasteiger partial charge in [0, 0.05) is 18.0 Å². The SMILES string of the molecule is CCCCN(CC)C(=O)c1nc2c3c4c(sc3nc(C)n2n1)CCCC4. The first kappa shape index (κ1) is 17.4. The molecule has 6 nitrogen and oxygen atoms in total. The molecule has 0 fully saturated rings. The molecule has 7 heteroatoms. The van der Waals surface area contributed by atoms with Gasteiger partial charge in [-0.1, -0.05) is 13.3 Å². The molecule has 1 aliphatic carbocycles. The molecule has 0 saturated heterocycles. The molecule has 0 aliphatic heterocycles. The lowest BCUT2D eigenvalue weighted by molar-refractivity contribution is 0.0750. The molecule has 0 saturated carbocycles. The van der Waals surface area contributed by atoms with E-state index in [1.54, 1.807) is 15.9 Å². The van der Waals surface area contributed by atoms with Gasteiger partial charge in [-0.25, -0.2) is 9.97 Å². The van der Waals surface area contributed by atoms with Gasteiger partial charge in [-0.3, -0.25) is 4.79 Å². The van der Waals surface area contributed by atoms with Gasteiger partial charge in [-0.05, 0) is 51.5 Å². The molecule has 4 rings (SSSR count). The number of nitrogens with zero attached hydrogens (tertiary/aromatic N) is 5. The second-order valence-corrected chi connectivity index (χ2v) is 8.04. The Hall–Kier alpha value is -2.02. The van der Waals surface area contributed by atoms with Crippen LogP contribution in [0.25, 0.3) is 15.9 Å². The number of rotatable bonds is 5. The molecule has 3 aromatic heterocycles. The molecule has 0 spiro atoms. The highest BCUT2D eigenvalue weighted by Gasteiger charge is 2.24. The van der Waals surface area contributed by atoms with E-state index >= 15 is 0 Å². The van der Waals surface area contributed by atoms with E-state index in [9.17, 15) is 4.79 Å². The molecule has 0 radical (unpaired) electrons. The maximum Gasteiger partial charge on any atom is 0.293 e. The number of unbranched alkanes of at least 4 members (excludes halogenated alkanes) is 1. The van der Waals surface area contributed by atoms with E-state index in [0.29, 0.717) is 6.54 Å². The molecule has 0 bridgehead atoms. The predicted molar refractivity (Wildman–Crippen MR) is 104 cm³/mol. The molecule has 0 atom stereocenters. The number of fused-ring (bicyclic) bond motifs is 5. The zero-order chi connectivity index (χ0) is 18.3. The molecule has 3 heterocycles. The first-order chi connectivity index (χ1) is 12.6.